The molecule has 0 atom stereocenters. The lowest BCUT2D eigenvalue weighted by molar-refractivity contribution is -0.118. The third-order valence-corrected chi connectivity index (χ3v) is 5.66. The average molecular weight is 400 g/mol. The van der Waals surface area contributed by atoms with E-state index in [1.807, 2.05) is 48.5 Å². The van der Waals surface area contributed by atoms with Gasteiger partial charge in [0.05, 0.1) is 5.75 Å². The smallest absolute Gasteiger partial charge is 0.230 e. The molecule has 1 N–H and O–H groups in total. The van der Waals surface area contributed by atoms with Crippen LogP contribution in [0.5, 0.6) is 0 Å². The second kappa shape index (κ2) is 10.9. The maximum atomic E-state index is 11.8. The highest BCUT2D eigenvalue weighted by molar-refractivity contribution is 7.99. The van der Waals surface area contributed by atoms with Crippen LogP contribution >= 0.6 is 46.7 Å². The molecular weight excluding hydrogens is 381 g/mol. The fourth-order valence-electron chi connectivity index (χ4n) is 1.97. The van der Waals surface area contributed by atoms with E-state index in [1.54, 1.807) is 23.5 Å². The lowest BCUT2D eigenvalue weighted by Gasteiger charge is -2.06. The Balaban J connectivity index is 1.52. The van der Waals surface area contributed by atoms with Gasteiger partial charge in [-0.15, -0.1) is 11.8 Å². The number of thioether (sulfide) groups is 2. The third-order valence-electron chi connectivity index (χ3n) is 3.14. The van der Waals surface area contributed by atoms with Gasteiger partial charge < -0.3 is 5.32 Å². The van der Waals surface area contributed by atoms with Crippen molar-refractivity contribution < 1.29 is 4.79 Å². The van der Waals surface area contributed by atoms with Crippen molar-refractivity contribution in [1.82, 2.24) is 5.32 Å². The molecule has 128 valence electrons. The van der Waals surface area contributed by atoms with E-state index in [2.05, 4.69) is 5.32 Å². The van der Waals surface area contributed by atoms with Gasteiger partial charge in [0.1, 0.15) is 0 Å². The van der Waals surface area contributed by atoms with Crippen LogP contribution in [0.15, 0.2) is 48.5 Å². The molecule has 0 aromatic heterocycles. The molecule has 0 unspecified atom stereocenters. The summed E-state index contributed by atoms with van der Waals surface area (Å²) in [6, 6.07) is 15.6. The van der Waals surface area contributed by atoms with Crippen molar-refractivity contribution in [3.05, 3.63) is 69.7 Å². The molecule has 0 aliphatic rings. The Hall–Kier alpha value is -0.810. The molecule has 1 amide bonds. The predicted octanol–water partition coefficient (Wildman–Crippen LogP) is 5.28. The van der Waals surface area contributed by atoms with Gasteiger partial charge in [-0.1, -0.05) is 47.5 Å². The summed E-state index contributed by atoms with van der Waals surface area (Å²) in [5.41, 5.74) is 2.38. The zero-order chi connectivity index (χ0) is 17.2. The molecule has 0 fully saturated rings. The monoisotopic (exact) mass is 399 g/mol. The molecule has 2 aromatic carbocycles. The van der Waals surface area contributed by atoms with Gasteiger partial charge in [-0.25, -0.2) is 0 Å². The molecule has 0 bridgehead atoms. The first-order valence-electron chi connectivity index (χ1n) is 7.54. The minimum Gasteiger partial charge on any atom is -0.355 e. The van der Waals surface area contributed by atoms with E-state index in [9.17, 15) is 4.79 Å². The van der Waals surface area contributed by atoms with E-state index in [1.165, 1.54) is 5.56 Å². The van der Waals surface area contributed by atoms with Crippen LogP contribution in [0.2, 0.25) is 10.0 Å². The number of rotatable bonds is 9. The minimum atomic E-state index is 0.0779. The highest BCUT2D eigenvalue weighted by Gasteiger charge is 2.02. The maximum absolute atomic E-state index is 11.8. The Morgan fingerprint density at radius 3 is 2.42 bits per heavy atom. The van der Waals surface area contributed by atoms with Crippen molar-refractivity contribution in [3.63, 3.8) is 0 Å². The van der Waals surface area contributed by atoms with Crippen molar-refractivity contribution in [3.8, 4) is 0 Å². The summed E-state index contributed by atoms with van der Waals surface area (Å²) in [6.45, 7) is 0.689. The number of carbonyl (C=O) groups excluding carboxylic acids is 1. The summed E-state index contributed by atoms with van der Waals surface area (Å²) in [4.78, 5) is 11.8. The van der Waals surface area contributed by atoms with Crippen molar-refractivity contribution in [1.29, 1.82) is 0 Å². The van der Waals surface area contributed by atoms with Gasteiger partial charge >= 0.3 is 0 Å². The van der Waals surface area contributed by atoms with Gasteiger partial charge in [0.15, 0.2) is 0 Å². The van der Waals surface area contributed by atoms with E-state index in [0.717, 1.165) is 32.9 Å². The van der Waals surface area contributed by atoms with E-state index in [-0.39, 0.29) is 5.91 Å². The molecule has 0 aliphatic carbocycles. The van der Waals surface area contributed by atoms with Crippen LogP contribution in [-0.4, -0.2) is 24.0 Å². The van der Waals surface area contributed by atoms with Crippen LogP contribution in [0.4, 0.5) is 0 Å². The van der Waals surface area contributed by atoms with Gasteiger partial charge in [-0.3, -0.25) is 4.79 Å². The third kappa shape index (κ3) is 7.84. The van der Waals surface area contributed by atoms with Crippen molar-refractivity contribution >= 4 is 52.6 Å². The summed E-state index contributed by atoms with van der Waals surface area (Å²) < 4.78 is 0. The number of nitrogens with one attached hydrogen (secondary N) is 1. The van der Waals surface area contributed by atoms with Crippen LogP contribution < -0.4 is 5.32 Å². The lowest BCUT2D eigenvalue weighted by atomic mass is 10.2. The normalized spacial score (nSPS) is 10.6. The second-order valence-corrected chi connectivity index (χ2v) is 8.12. The maximum Gasteiger partial charge on any atom is 0.230 e. The molecule has 0 heterocycles. The second-order valence-electron chi connectivity index (χ2n) is 5.15. The summed E-state index contributed by atoms with van der Waals surface area (Å²) in [5.74, 6) is 3.16. The molecular formula is C18H19Cl2NOS2. The van der Waals surface area contributed by atoms with Crippen molar-refractivity contribution in [2.45, 2.75) is 11.5 Å². The molecule has 24 heavy (non-hydrogen) atoms. The number of hydrogen-bond acceptors (Lipinski definition) is 3. The van der Waals surface area contributed by atoms with E-state index < -0.39 is 0 Å². The van der Waals surface area contributed by atoms with E-state index in [4.69, 9.17) is 23.2 Å². The zero-order valence-corrected chi connectivity index (χ0v) is 16.3. The molecule has 0 radical (unpaired) electrons. The molecule has 2 rings (SSSR count). The number of benzene rings is 2. The molecule has 0 aliphatic heterocycles. The molecule has 0 spiro atoms. The van der Waals surface area contributed by atoms with Crippen LogP contribution in [0, 0.1) is 0 Å². The Bertz CT molecular complexity index is 650. The Labute approximate surface area is 161 Å². The van der Waals surface area contributed by atoms with Crippen LogP contribution in [0.3, 0.4) is 0 Å². The van der Waals surface area contributed by atoms with Crippen LogP contribution in [-0.2, 0) is 16.3 Å². The fraction of sp³-hybridized carbons (Fsp3) is 0.278. The molecule has 2 aromatic rings. The highest BCUT2D eigenvalue weighted by Crippen LogP contribution is 2.17. The number of hydrogen-bond donors (Lipinski definition) is 1. The first kappa shape index (κ1) is 19.5. The molecule has 6 heteroatoms. The topological polar surface area (TPSA) is 29.1 Å². The van der Waals surface area contributed by atoms with Gasteiger partial charge in [-0.05, 0) is 35.4 Å². The van der Waals surface area contributed by atoms with Gasteiger partial charge in [0, 0.05) is 33.8 Å². The first-order valence-corrected chi connectivity index (χ1v) is 10.6. The first-order chi connectivity index (χ1) is 11.6. The number of amides is 1. The average Bonchev–Trinajstić information content (AvgIpc) is 2.56. The fourth-order valence-corrected chi connectivity index (χ4v) is 3.94. The minimum absolute atomic E-state index is 0.0779. The van der Waals surface area contributed by atoms with Gasteiger partial charge in [0.25, 0.3) is 0 Å². The standard InChI is InChI=1S/C18H19Cl2NOS2/c19-16-6-4-14(5-7-16)11-23-9-8-21-18(22)13-24-12-15-2-1-3-17(20)10-15/h1-7,10H,8-9,11-13H2,(H,21,22). The Morgan fingerprint density at radius 1 is 0.917 bits per heavy atom. The largest absolute Gasteiger partial charge is 0.355 e. The summed E-state index contributed by atoms with van der Waals surface area (Å²) in [5, 5.41) is 4.44. The predicted molar refractivity (Wildman–Crippen MR) is 108 cm³/mol. The Morgan fingerprint density at radius 2 is 1.67 bits per heavy atom. The van der Waals surface area contributed by atoms with E-state index >= 15 is 0 Å². The zero-order valence-electron chi connectivity index (χ0n) is 13.1. The summed E-state index contributed by atoms with van der Waals surface area (Å²) >= 11 is 15.2. The Kier molecular flexibility index (Phi) is 8.89. The molecule has 0 saturated carbocycles. The van der Waals surface area contributed by atoms with Gasteiger partial charge in [0.2, 0.25) is 5.91 Å². The number of halogens is 2. The van der Waals surface area contributed by atoms with E-state index in [0.29, 0.717) is 12.3 Å². The van der Waals surface area contributed by atoms with Crippen molar-refractivity contribution in [2.24, 2.45) is 0 Å². The molecule has 2 nitrogen and oxygen atoms in total. The quantitative estimate of drug-likeness (QED) is 0.581. The number of carbonyl (C=O) groups is 1. The SMILES string of the molecule is O=C(CSCc1cccc(Cl)c1)NCCSCc1ccc(Cl)cc1. The molecule has 0 saturated heterocycles. The van der Waals surface area contributed by atoms with Crippen molar-refractivity contribution in [2.75, 3.05) is 18.1 Å². The summed E-state index contributed by atoms with van der Waals surface area (Å²) in [6.07, 6.45) is 0. The highest BCUT2D eigenvalue weighted by atomic mass is 35.5. The van der Waals surface area contributed by atoms with Crippen LogP contribution in [0.25, 0.3) is 0 Å². The lowest BCUT2D eigenvalue weighted by Crippen LogP contribution is -2.27. The summed E-state index contributed by atoms with van der Waals surface area (Å²) in [7, 11) is 0. The van der Waals surface area contributed by atoms with Gasteiger partial charge in [-0.2, -0.15) is 11.8 Å². The van der Waals surface area contributed by atoms with Crippen LogP contribution in [0.1, 0.15) is 11.1 Å².